The summed E-state index contributed by atoms with van der Waals surface area (Å²) in [7, 11) is 0. The molecule has 0 spiro atoms. The molecule has 1 aromatic heterocycles. The van der Waals surface area contributed by atoms with E-state index in [2.05, 4.69) is 30.7 Å². The maximum Gasteiger partial charge on any atom is 0.254 e. The third-order valence-electron chi connectivity index (χ3n) is 4.33. The first-order chi connectivity index (χ1) is 9.41. The van der Waals surface area contributed by atoms with E-state index in [1.807, 2.05) is 0 Å². The highest BCUT2D eigenvalue weighted by atomic mass is 16.5. The van der Waals surface area contributed by atoms with E-state index in [4.69, 9.17) is 4.74 Å². The summed E-state index contributed by atoms with van der Waals surface area (Å²) in [4.78, 5) is 19.0. The van der Waals surface area contributed by atoms with Gasteiger partial charge in [-0.15, -0.1) is 0 Å². The molecule has 2 saturated carbocycles. The average molecular weight is 276 g/mol. The summed E-state index contributed by atoms with van der Waals surface area (Å²) in [5.74, 6) is 2.41. The highest BCUT2D eigenvalue weighted by Gasteiger charge is 2.33. The number of hydrogen-bond donors (Lipinski definition) is 1. The van der Waals surface area contributed by atoms with Gasteiger partial charge < -0.3 is 9.72 Å². The Labute approximate surface area is 120 Å². The topological polar surface area (TPSA) is 55.0 Å². The number of H-pyrrole nitrogens is 1. The molecule has 0 aliphatic heterocycles. The van der Waals surface area contributed by atoms with Gasteiger partial charge in [0.15, 0.2) is 0 Å². The maximum atomic E-state index is 11.7. The molecule has 4 nitrogen and oxygen atoms in total. The van der Waals surface area contributed by atoms with Crippen LogP contribution in [0.15, 0.2) is 10.9 Å². The molecule has 0 radical (unpaired) electrons. The van der Waals surface area contributed by atoms with E-state index in [1.54, 1.807) is 0 Å². The van der Waals surface area contributed by atoms with Gasteiger partial charge in [-0.05, 0) is 43.4 Å². The van der Waals surface area contributed by atoms with E-state index >= 15 is 0 Å². The molecule has 0 amide bonds. The summed E-state index contributed by atoms with van der Waals surface area (Å²) in [6, 6.07) is 1.48. The van der Waals surface area contributed by atoms with Gasteiger partial charge in [0.2, 0.25) is 5.88 Å². The van der Waals surface area contributed by atoms with Gasteiger partial charge in [0.1, 0.15) is 11.9 Å². The van der Waals surface area contributed by atoms with Crippen LogP contribution in [0.4, 0.5) is 0 Å². The molecule has 0 aromatic carbocycles. The molecule has 2 aliphatic rings. The normalized spacial score (nSPS) is 29.1. The lowest BCUT2D eigenvalue weighted by atomic mass is 9.71. The molecule has 4 heteroatoms. The molecule has 0 bridgehead atoms. The minimum atomic E-state index is -0.0972. The van der Waals surface area contributed by atoms with Crippen LogP contribution in [0.2, 0.25) is 0 Å². The number of nitrogens with one attached hydrogen (secondary N) is 1. The predicted octanol–water partition coefficient (Wildman–Crippen LogP) is 3.24. The molecule has 1 aromatic rings. The van der Waals surface area contributed by atoms with Crippen molar-refractivity contribution in [2.45, 2.75) is 64.9 Å². The fraction of sp³-hybridized carbons (Fsp3) is 0.750. The van der Waals surface area contributed by atoms with Crippen molar-refractivity contribution in [3.05, 3.63) is 22.2 Å². The van der Waals surface area contributed by atoms with Gasteiger partial charge in [0.25, 0.3) is 5.56 Å². The lowest BCUT2D eigenvalue weighted by Crippen LogP contribution is -2.34. The summed E-state index contributed by atoms with van der Waals surface area (Å²) < 4.78 is 6.03. The Hall–Kier alpha value is -1.32. The van der Waals surface area contributed by atoms with Gasteiger partial charge in [0.05, 0.1) is 6.07 Å². The summed E-state index contributed by atoms with van der Waals surface area (Å²) in [6.07, 6.45) is 5.75. The predicted molar refractivity (Wildman–Crippen MR) is 78.0 cm³/mol. The molecule has 1 N–H and O–H groups in total. The second kappa shape index (κ2) is 4.90. The van der Waals surface area contributed by atoms with Crippen molar-refractivity contribution in [2.75, 3.05) is 0 Å². The van der Waals surface area contributed by atoms with Crippen molar-refractivity contribution in [1.29, 1.82) is 0 Å². The molecule has 2 aliphatic carbocycles. The third-order valence-corrected chi connectivity index (χ3v) is 4.33. The Bertz CT molecular complexity index is 546. The van der Waals surface area contributed by atoms with E-state index in [9.17, 15) is 4.79 Å². The van der Waals surface area contributed by atoms with Crippen molar-refractivity contribution in [2.24, 2.45) is 11.3 Å². The Morgan fingerprint density at radius 3 is 2.75 bits per heavy atom. The SMILES string of the molecule is CC1CC(Oc2cc(=O)[nH]c(C3CC3)n2)CC(C)(C)C1. The van der Waals surface area contributed by atoms with Gasteiger partial charge in [-0.2, -0.15) is 4.98 Å². The van der Waals surface area contributed by atoms with Crippen LogP contribution in [0.3, 0.4) is 0 Å². The fourth-order valence-electron chi connectivity index (χ4n) is 3.58. The zero-order valence-corrected chi connectivity index (χ0v) is 12.6. The van der Waals surface area contributed by atoms with Crippen molar-refractivity contribution < 1.29 is 4.74 Å². The number of ether oxygens (including phenoxy) is 1. The first kappa shape index (κ1) is 13.7. The molecule has 2 unspecified atom stereocenters. The maximum absolute atomic E-state index is 11.7. The molecule has 2 atom stereocenters. The second-order valence-corrected chi connectivity index (χ2v) is 7.40. The highest BCUT2D eigenvalue weighted by Crippen LogP contribution is 2.40. The quantitative estimate of drug-likeness (QED) is 0.922. The van der Waals surface area contributed by atoms with Gasteiger partial charge in [-0.1, -0.05) is 20.8 Å². The van der Waals surface area contributed by atoms with Gasteiger partial charge in [-0.3, -0.25) is 4.79 Å². The molecule has 2 fully saturated rings. The molecule has 1 heterocycles. The fourth-order valence-corrected chi connectivity index (χ4v) is 3.58. The highest BCUT2D eigenvalue weighted by molar-refractivity contribution is 5.14. The molecule has 3 rings (SSSR count). The van der Waals surface area contributed by atoms with Crippen molar-refractivity contribution in [3.8, 4) is 5.88 Å². The average Bonchev–Trinajstić information content (AvgIpc) is 3.07. The van der Waals surface area contributed by atoms with E-state index in [-0.39, 0.29) is 11.7 Å². The number of aromatic nitrogens is 2. The van der Waals surface area contributed by atoms with Gasteiger partial charge in [0, 0.05) is 5.92 Å². The summed E-state index contributed by atoms with van der Waals surface area (Å²) in [6.45, 7) is 6.86. The lowest BCUT2D eigenvalue weighted by molar-refractivity contribution is 0.0529. The zero-order valence-electron chi connectivity index (χ0n) is 12.6. The first-order valence-electron chi connectivity index (χ1n) is 7.69. The summed E-state index contributed by atoms with van der Waals surface area (Å²) >= 11 is 0. The Morgan fingerprint density at radius 1 is 1.35 bits per heavy atom. The molecular formula is C16H24N2O2. The van der Waals surface area contributed by atoms with E-state index in [0.717, 1.165) is 31.5 Å². The lowest BCUT2D eigenvalue weighted by Gasteiger charge is -2.38. The van der Waals surface area contributed by atoms with Gasteiger partial charge >= 0.3 is 0 Å². The van der Waals surface area contributed by atoms with E-state index < -0.39 is 0 Å². The number of rotatable bonds is 3. The first-order valence-corrected chi connectivity index (χ1v) is 7.69. The van der Waals surface area contributed by atoms with Crippen LogP contribution >= 0.6 is 0 Å². The van der Waals surface area contributed by atoms with E-state index in [0.29, 0.717) is 23.1 Å². The minimum absolute atomic E-state index is 0.0972. The van der Waals surface area contributed by atoms with Crippen LogP contribution in [0.25, 0.3) is 0 Å². The molecule has 110 valence electrons. The standard InChI is InChI=1S/C16H24N2O2/c1-10-6-12(9-16(2,3)8-10)20-14-7-13(19)17-15(18-14)11-4-5-11/h7,10-12H,4-6,8-9H2,1-3H3,(H,17,18,19). The molecule has 0 saturated heterocycles. The molecular weight excluding hydrogens is 252 g/mol. The monoisotopic (exact) mass is 276 g/mol. The van der Waals surface area contributed by atoms with Crippen molar-refractivity contribution >= 4 is 0 Å². The zero-order chi connectivity index (χ0) is 14.3. The van der Waals surface area contributed by atoms with Crippen LogP contribution in [0, 0.1) is 11.3 Å². The number of nitrogens with zero attached hydrogens (tertiary/aromatic N) is 1. The molecule has 20 heavy (non-hydrogen) atoms. The number of hydrogen-bond acceptors (Lipinski definition) is 3. The Morgan fingerprint density at radius 2 is 2.10 bits per heavy atom. The van der Waals surface area contributed by atoms with Crippen LogP contribution in [0.1, 0.15) is 64.6 Å². The second-order valence-electron chi connectivity index (χ2n) is 7.40. The minimum Gasteiger partial charge on any atom is -0.474 e. The summed E-state index contributed by atoms with van der Waals surface area (Å²) in [5.41, 5.74) is 0.211. The van der Waals surface area contributed by atoms with Gasteiger partial charge in [-0.25, -0.2) is 0 Å². The van der Waals surface area contributed by atoms with Crippen molar-refractivity contribution in [1.82, 2.24) is 9.97 Å². The van der Waals surface area contributed by atoms with Crippen LogP contribution in [-0.2, 0) is 0 Å². The Kier molecular flexibility index (Phi) is 3.35. The third kappa shape index (κ3) is 3.22. The van der Waals surface area contributed by atoms with Crippen molar-refractivity contribution in [3.63, 3.8) is 0 Å². The number of aromatic amines is 1. The summed E-state index contributed by atoms with van der Waals surface area (Å²) in [5, 5.41) is 0. The van der Waals surface area contributed by atoms with Crippen LogP contribution in [0.5, 0.6) is 5.88 Å². The van der Waals surface area contributed by atoms with Crippen LogP contribution in [-0.4, -0.2) is 16.1 Å². The smallest absolute Gasteiger partial charge is 0.254 e. The van der Waals surface area contributed by atoms with Crippen LogP contribution < -0.4 is 10.3 Å². The largest absolute Gasteiger partial charge is 0.474 e. The van der Waals surface area contributed by atoms with E-state index in [1.165, 1.54) is 12.5 Å². The Balaban J connectivity index is 1.75.